The van der Waals surface area contributed by atoms with E-state index in [4.69, 9.17) is 9.94 Å². The quantitative estimate of drug-likeness (QED) is 0.395. The molecule has 0 aromatic carbocycles. The predicted octanol–water partition coefficient (Wildman–Crippen LogP) is 0.743. The molecule has 1 heterocycles. The first-order chi connectivity index (χ1) is 5.79. The van der Waals surface area contributed by atoms with Crippen LogP contribution >= 0.6 is 11.8 Å². The van der Waals surface area contributed by atoms with Crippen LogP contribution in [0.3, 0.4) is 0 Å². The third kappa shape index (κ3) is 1.91. The van der Waals surface area contributed by atoms with Gasteiger partial charge in [-0.1, -0.05) is 5.16 Å². The molecule has 1 aliphatic heterocycles. The van der Waals surface area contributed by atoms with Crippen LogP contribution in [0.15, 0.2) is 5.16 Å². The van der Waals surface area contributed by atoms with E-state index in [-0.39, 0.29) is 11.9 Å². The molecule has 0 saturated carbocycles. The summed E-state index contributed by atoms with van der Waals surface area (Å²) < 4.78 is 4.81. The minimum atomic E-state index is -0.333. The first kappa shape index (κ1) is 9.38. The minimum absolute atomic E-state index is 0.282. The van der Waals surface area contributed by atoms with Gasteiger partial charge in [0, 0.05) is 11.5 Å². The van der Waals surface area contributed by atoms with Gasteiger partial charge < -0.3 is 9.94 Å². The van der Waals surface area contributed by atoms with Gasteiger partial charge in [-0.05, 0) is 6.92 Å². The lowest BCUT2D eigenvalue weighted by Crippen LogP contribution is -2.24. The Morgan fingerprint density at radius 3 is 3.25 bits per heavy atom. The van der Waals surface area contributed by atoms with Crippen molar-refractivity contribution < 1.29 is 14.7 Å². The summed E-state index contributed by atoms with van der Waals surface area (Å²) in [5, 5.41) is 11.6. The number of hydrogen-bond donors (Lipinski definition) is 1. The fraction of sp³-hybridized carbons (Fsp3) is 0.714. The summed E-state index contributed by atoms with van der Waals surface area (Å²) in [5.74, 6) is 0.674. The molecule has 4 nitrogen and oxygen atoms in total. The maximum atomic E-state index is 11.2. The van der Waals surface area contributed by atoms with Gasteiger partial charge in [-0.3, -0.25) is 4.79 Å². The van der Waals surface area contributed by atoms with Gasteiger partial charge in [-0.25, -0.2) is 0 Å². The molecule has 0 amide bonds. The summed E-state index contributed by atoms with van der Waals surface area (Å²) in [5.41, 5.74) is 0.526. The van der Waals surface area contributed by atoms with E-state index in [0.29, 0.717) is 23.8 Å². The number of hydrogen-bond acceptors (Lipinski definition) is 5. The number of ether oxygens (including phenoxy) is 1. The Morgan fingerprint density at radius 2 is 2.67 bits per heavy atom. The lowest BCUT2D eigenvalue weighted by atomic mass is 10.1. The molecule has 12 heavy (non-hydrogen) atoms. The van der Waals surface area contributed by atoms with E-state index >= 15 is 0 Å². The SMILES string of the molecule is CCOC(=O)C1CSCC1=NO. The normalized spacial score (nSPS) is 26.1. The number of esters is 1. The first-order valence-corrected chi connectivity index (χ1v) is 4.90. The molecule has 1 unspecified atom stereocenters. The maximum Gasteiger partial charge on any atom is 0.315 e. The fourth-order valence-electron chi connectivity index (χ4n) is 1.02. The second-order valence-electron chi connectivity index (χ2n) is 2.41. The lowest BCUT2D eigenvalue weighted by molar-refractivity contribution is -0.144. The van der Waals surface area contributed by atoms with Crippen molar-refractivity contribution in [1.29, 1.82) is 0 Å². The zero-order valence-electron chi connectivity index (χ0n) is 6.82. The van der Waals surface area contributed by atoms with Crippen LogP contribution in [0.1, 0.15) is 6.92 Å². The van der Waals surface area contributed by atoms with E-state index < -0.39 is 0 Å². The van der Waals surface area contributed by atoms with E-state index in [1.165, 1.54) is 0 Å². The summed E-state index contributed by atoms with van der Waals surface area (Å²) in [6.07, 6.45) is 0. The molecule has 5 heteroatoms. The van der Waals surface area contributed by atoms with Crippen LogP contribution in [0.5, 0.6) is 0 Å². The smallest absolute Gasteiger partial charge is 0.315 e. The monoisotopic (exact) mass is 189 g/mol. The third-order valence-electron chi connectivity index (χ3n) is 1.64. The number of thioether (sulfide) groups is 1. The molecule has 0 aromatic heterocycles. The average molecular weight is 189 g/mol. The first-order valence-electron chi connectivity index (χ1n) is 3.74. The average Bonchev–Trinajstić information content (AvgIpc) is 2.51. The molecule has 0 aromatic rings. The van der Waals surface area contributed by atoms with Gasteiger partial charge in [0.05, 0.1) is 12.3 Å². The maximum absolute atomic E-state index is 11.2. The van der Waals surface area contributed by atoms with Gasteiger partial charge in [0.1, 0.15) is 5.92 Å². The topological polar surface area (TPSA) is 58.9 Å². The van der Waals surface area contributed by atoms with Gasteiger partial charge in [-0.2, -0.15) is 11.8 Å². The van der Waals surface area contributed by atoms with E-state index in [1.807, 2.05) is 0 Å². The van der Waals surface area contributed by atoms with Crippen molar-refractivity contribution >= 4 is 23.4 Å². The van der Waals surface area contributed by atoms with Crippen molar-refractivity contribution in [2.45, 2.75) is 6.92 Å². The van der Waals surface area contributed by atoms with Crippen molar-refractivity contribution in [1.82, 2.24) is 0 Å². The molecule has 1 atom stereocenters. The largest absolute Gasteiger partial charge is 0.465 e. The lowest BCUT2D eigenvalue weighted by Gasteiger charge is -2.06. The molecule has 1 fully saturated rings. The molecule has 68 valence electrons. The molecule has 1 N–H and O–H groups in total. The highest BCUT2D eigenvalue weighted by molar-refractivity contribution is 8.00. The summed E-state index contributed by atoms with van der Waals surface area (Å²) in [4.78, 5) is 11.2. The molecule has 1 saturated heterocycles. The molecule has 0 radical (unpaired) electrons. The second-order valence-corrected chi connectivity index (χ2v) is 3.44. The highest BCUT2D eigenvalue weighted by Gasteiger charge is 2.31. The van der Waals surface area contributed by atoms with Crippen LogP contribution in [0, 0.1) is 5.92 Å². The van der Waals surface area contributed by atoms with Gasteiger partial charge in [0.15, 0.2) is 0 Å². The van der Waals surface area contributed by atoms with Crippen molar-refractivity contribution in [3.05, 3.63) is 0 Å². The molecular weight excluding hydrogens is 178 g/mol. The van der Waals surface area contributed by atoms with Crippen LogP contribution in [0.4, 0.5) is 0 Å². The minimum Gasteiger partial charge on any atom is -0.465 e. The van der Waals surface area contributed by atoms with E-state index in [2.05, 4.69) is 5.16 Å². The summed E-state index contributed by atoms with van der Waals surface area (Å²) >= 11 is 1.58. The van der Waals surface area contributed by atoms with Crippen molar-refractivity contribution in [3.63, 3.8) is 0 Å². The van der Waals surface area contributed by atoms with Gasteiger partial charge in [0.25, 0.3) is 0 Å². The number of carbonyl (C=O) groups is 1. The van der Waals surface area contributed by atoms with Crippen molar-refractivity contribution in [3.8, 4) is 0 Å². The summed E-state index contributed by atoms with van der Waals surface area (Å²) in [7, 11) is 0. The van der Waals surface area contributed by atoms with E-state index in [0.717, 1.165) is 0 Å². The number of carbonyl (C=O) groups excluding carboxylic acids is 1. The zero-order valence-corrected chi connectivity index (χ0v) is 7.63. The van der Waals surface area contributed by atoms with Crippen LogP contribution in [0.25, 0.3) is 0 Å². The van der Waals surface area contributed by atoms with Crippen molar-refractivity contribution in [2.75, 3.05) is 18.1 Å². The molecule has 0 bridgehead atoms. The summed E-state index contributed by atoms with van der Waals surface area (Å²) in [6.45, 7) is 2.13. The van der Waals surface area contributed by atoms with Crippen molar-refractivity contribution in [2.24, 2.45) is 11.1 Å². The highest BCUT2D eigenvalue weighted by atomic mass is 32.2. The Hall–Kier alpha value is -0.710. The van der Waals surface area contributed by atoms with Gasteiger partial charge in [-0.15, -0.1) is 0 Å². The Balaban J connectivity index is 2.56. The molecular formula is C7H11NO3S. The van der Waals surface area contributed by atoms with Crippen LogP contribution < -0.4 is 0 Å². The summed E-state index contributed by atoms with van der Waals surface area (Å²) in [6, 6.07) is 0. The van der Waals surface area contributed by atoms with Gasteiger partial charge in [0.2, 0.25) is 0 Å². The van der Waals surface area contributed by atoms with Crippen LogP contribution in [0.2, 0.25) is 0 Å². The Bertz CT molecular complexity index is 205. The Morgan fingerprint density at radius 1 is 1.92 bits per heavy atom. The number of nitrogens with zero attached hydrogens (tertiary/aromatic N) is 1. The van der Waals surface area contributed by atoms with Gasteiger partial charge >= 0.3 is 5.97 Å². The second kappa shape index (κ2) is 4.35. The molecule has 0 aliphatic carbocycles. The van der Waals surface area contributed by atoms with E-state index in [1.54, 1.807) is 18.7 Å². The zero-order chi connectivity index (χ0) is 8.97. The molecule has 0 spiro atoms. The van der Waals surface area contributed by atoms with Crippen LogP contribution in [-0.4, -0.2) is 35.0 Å². The third-order valence-corrected chi connectivity index (χ3v) is 2.71. The molecule has 1 aliphatic rings. The highest BCUT2D eigenvalue weighted by Crippen LogP contribution is 2.22. The molecule has 1 rings (SSSR count). The number of rotatable bonds is 2. The fourth-order valence-corrected chi connectivity index (χ4v) is 2.17. The standard InChI is InChI=1S/C7H11NO3S/c1-2-11-7(9)5-3-12-4-6(5)8-10/h5,10H,2-4H2,1H3. The Labute approximate surface area is 75.0 Å². The number of oxime groups is 1. The van der Waals surface area contributed by atoms with Crippen LogP contribution in [-0.2, 0) is 9.53 Å². The van der Waals surface area contributed by atoms with E-state index in [9.17, 15) is 4.79 Å². The predicted molar refractivity (Wildman–Crippen MR) is 46.7 cm³/mol. The Kier molecular flexibility index (Phi) is 3.40.